The van der Waals surface area contributed by atoms with Crippen molar-refractivity contribution in [3.05, 3.63) is 81.2 Å². The first-order valence-electron chi connectivity index (χ1n) is 9.37. The monoisotopic (exact) mass is 409 g/mol. The highest BCUT2D eigenvalue weighted by atomic mass is 32.1. The Balaban J connectivity index is 1.82. The molecule has 1 unspecified atom stereocenters. The van der Waals surface area contributed by atoms with E-state index < -0.39 is 4.92 Å². The van der Waals surface area contributed by atoms with Crippen molar-refractivity contribution in [1.82, 2.24) is 14.9 Å². The molecule has 29 heavy (non-hydrogen) atoms. The molecule has 2 aromatic carbocycles. The van der Waals surface area contributed by atoms with Crippen molar-refractivity contribution in [3.8, 4) is 0 Å². The number of non-ortho nitro benzene ring substituents is 1. The fourth-order valence-corrected chi connectivity index (χ4v) is 3.23. The zero-order valence-corrected chi connectivity index (χ0v) is 17.5. The van der Waals surface area contributed by atoms with Gasteiger partial charge in [0.1, 0.15) is 0 Å². The summed E-state index contributed by atoms with van der Waals surface area (Å²) in [6.07, 6.45) is 2.65. The number of nitro benzene ring substituents is 1. The third kappa shape index (κ3) is 5.08. The lowest BCUT2D eigenvalue weighted by molar-refractivity contribution is -0.384. The standard InChI is InChI=1S/C21H23N5O2S/c1-14(2)12-16-4-8-18(9-5-16)15(3)20-23-24-21(29)25(20)22-13-17-6-10-19(11-7-17)26(27)28/h4-11,13-15H,12H2,1-3H3,(H,24,29). The van der Waals surface area contributed by atoms with Gasteiger partial charge < -0.3 is 0 Å². The van der Waals surface area contributed by atoms with Crippen molar-refractivity contribution < 1.29 is 4.92 Å². The van der Waals surface area contributed by atoms with E-state index in [1.807, 2.05) is 6.92 Å². The smallest absolute Gasteiger partial charge is 0.258 e. The Morgan fingerprint density at radius 3 is 2.34 bits per heavy atom. The summed E-state index contributed by atoms with van der Waals surface area (Å²) in [5.41, 5.74) is 3.19. The van der Waals surface area contributed by atoms with Gasteiger partial charge in [0.05, 0.1) is 11.1 Å². The summed E-state index contributed by atoms with van der Waals surface area (Å²) in [4.78, 5) is 10.3. The lowest BCUT2D eigenvalue weighted by Gasteiger charge is -2.12. The Hall–Kier alpha value is -3.00. The van der Waals surface area contributed by atoms with Gasteiger partial charge in [-0.3, -0.25) is 10.1 Å². The maximum atomic E-state index is 10.8. The lowest BCUT2D eigenvalue weighted by atomic mass is 9.96. The van der Waals surface area contributed by atoms with Crippen molar-refractivity contribution in [2.24, 2.45) is 11.0 Å². The maximum Gasteiger partial charge on any atom is 0.269 e. The van der Waals surface area contributed by atoms with E-state index in [1.165, 1.54) is 17.7 Å². The molecule has 1 heterocycles. The molecule has 0 spiro atoms. The predicted molar refractivity (Wildman–Crippen MR) is 116 cm³/mol. The molecule has 0 saturated carbocycles. The van der Waals surface area contributed by atoms with Crippen LogP contribution in [0.25, 0.3) is 0 Å². The minimum atomic E-state index is -0.432. The molecule has 1 atom stereocenters. The average Bonchev–Trinajstić information content (AvgIpc) is 3.06. The van der Waals surface area contributed by atoms with E-state index in [0.717, 1.165) is 17.5 Å². The second-order valence-electron chi connectivity index (χ2n) is 7.32. The van der Waals surface area contributed by atoms with Crippen LogP contribution in [0.5, 0.6) is 0 Å². The molecule has 3 aromatic rings. The van der Waals surface area contributed by atoms with Crippen LogP contribution in [-0.2, 0) is 6.42 Å². The molecule has 0 saturated heterocycles. The van der Waals surface area contributed by atoms with Crippen molar-refractivity contribution in [1.29, 1.82) is 0 Å². The van der Waals surface area contributed by atoms with E-state index >= 15 is 0 Å². The first kappa shape index (κ1) is 20.7. The quantitative estimate of drug-likeness (QED) is 0.265. The Morgan fingerprint density at radius 1 is 1.10 bits per heavy atom. The Bertz CT molecular complexity index is 1010. The number of nitro groups is 1. The second kappa shape index (κ2) is 9.00. The van der Waals surface area contributed by atoms with Crippen molar-refractivity contribution >= 4 is 24.5 Å². The first-order valence-corrected chi connectivity index (χ1v) is 9.81. The van der Waals surface area contributed by atoms with Crippen LogP contribution >= 0.6 is 12.6 Å². The number of nitrogens with zero attached hydrogens (tertiary/aromatic N) is 5. The molecule has 0 fully saturated rings. The minimum absolute atomic E-state index is 0.0227. The Labute approximate surface area is 175 Å². The topological polar surface area (TPSA) is 86.2 Å². The summed E-state index contributed by atoms with van der Waals surface area (Å²) in [6.45, 7) is 6.46. The van der Waals surface area contributed by atoms with E-state index in [4.69, 9.17) is 0 Å². The number of hydrogen-bond donors (Lipinski definition) is 1. The van der Waals surface area contributed by atoms with Crippen molar-refractivity contribution in [2.45, 2.75) is 38.3 Å². The van der Waals surface area contributed by atoms with Gasteiger partial charge >= 0.3 is 0 Å². The van der Waals surface area contributed by atoms with E-state index in [1.54, 1.807) is 23.0 Å². The van der Waals surface area contributed by atoms with Crippen LogP contribution < -0.4 is 0 Å². The number of rotatable bonds is 7. The summed E-state index contributed by atoms with van der Waals surface area (Å²) in [7, 11) is 0. The summed E-state index contributed by atoms with van der Waals surface area (Å²) < 4.78 is 1.58. The summed E-state index contributed by atoms with van der Waals surface area (Å²) in [5.74, 6) is 1.26. The third-order valence-electron chi connectivity index (χ3n) is 4.59. The van der Waals surface area contributed by atoms with Gasteiger partial charge in [0.25, 0.3) is 5.69 Å². The van der Waals surface area contributed by atoms with Gasteiger partial charge in [0.15, 0.2) is 5.82 Å². The molecule has 0 radical (unpaired) electrons. The van der Waals surface area contributed by atoms with Crippen LogP contribution in [-0.4, -0.2) is 26.0 Å². The van der Waals surface area contributed by atoms with E-state index in [-0.39, 0.29) is 11.6 Å². The molecule has 0 aliphatic heterocycles. The van der Waals surface area contributed by atoms with Gasteiger partial charge in [0.2, 0.25) is 5.16 Å². The maximum absolute atomic E-state index is 10.8. The molecule has 0 N–H and O–H groups in total. The minimum Gasteiger partial charge on any atom is -0.258 e. The SMILES string of the molecule is CC(C)Cc1ccc(C(C)c2nnc(S)n2N=Cc2ccc([N+](=O)[O-])cc2)cc1. The molecule has 1 aromatic heterocycles. The van der Waals surface area contributed by atoms with E-state index in [9.17, 15) is 10.1 Å². The van der Waals surface area contributed by atoms with Crippen molar-refractivity contribution in [3.63, 3.8) is 0 Å². The number of benzene rings is 2. The summed E-state index contributed by atoms with van der Waals surface area (Å²) in [5, 5.41) is 23.9. The highest BCUT2D eigenvalue weighted by Crippen LogP contribution is 2.25. The molecular weight excluding hydrogens is 386 g/mol. The third-order valence-corrected chi connectivity index (χ3v) is 4.86. The van der Waals surface area contributed by atoms with Crippen LogP contribution in [0.15, 0.2) is 58.8 Å². The fourth-order valence-electron chi connectivity index (χ4n) is 3.03. The summed E-state index contributed by atoms with van der Waals surface area (Å²) in [6, 6.07) is 14.7. The largest absolute Gasteiger partial charge is 0.269 e. The van der Waals surface area contributed by atoms with Gasteiger partial charge in [-0.25, -0.2) is 0 Å². The molecule has 3 rings (SSSR count). The number of thiol groups is 1. The normalized spacial score (nSPS) is 12.6. The molecule has 150 valence electrons. The highest BCUT2D eigenvalue weighted by molar-refractivity contribution is 7.80. The van der Waals surface area contributed by atoms with E-state index in [2.05, 4.69) is 66.0 Å². The molecule has 0 aliphatic rings. The van der Waals surface area contributed by atoms with Gasteiger partial charge in [-0.15, -0.1) is 22.8 Å². The molecule has 0 aliphatic carbocycles. The average molecular weight is 410 g/mol. The molecule has 7 nitrogen and oxygen atoms in total. The Kier molecular flexibility index (Phi) is 6.43. The first-order chi connectivity index (χ1) is 13.8. The van der Waals surface area contributed by atoms with Crippen LogP contribution in [0.4, 0.5) is 5.69 Å². The van der Waals surface area contributed by atoms with Crippen LogP contribution in [0, 0.1) is 16.0 Å². The molecule has 0 bridgehead atoms. The van der Waals surface area contributed by atoms with Gasteiger partial charge in [-0.2, -0.15) is 9.78 Å². The highest BCUT2D eigenvalue weighted by Gasteiger charge is 2.18. The van der Waals surface area contributed by atoms with Gasteiger partial charge in [-0.05, 0) is 41.2 Å². The van der Waals surface area contributed by atoms with Crippen molar-refractivity contribution in [2.75, 3.05) is 0 Å². The van der Waals surface area contributed by atoms with Crippen LogP contribution in [0.3, 0.4) is 0 Å². The lowest BCUT2D eigenvalue weighted by Crippen LogP contribution is -2.06. The zero-order chi connectivity index (χ0) is 21.0. The second-order valence-corrected chi connectivity index (χ2v) is 7.72. The van der Waals surface area contributed by atoms with Gasteiger partial charge in [-0.1, -0.05) is 45.0 Å². The summed E-state index contributed by atoms with van der Waals surface area (Å²) >= 11 is 4.36. The number of hydrogen-bond acceptors (Lipinski definition) is 6. The molecule has 0 amide bonds. The van der Waals surface area contributed by atoms with E-state index in [0.29, 0.717) is 16.9 Å². The molecular formula is C21H23N5O2S. The number of aromatic nitrogens is 3. The van der Waals surface area contributed by atoms with Crippen LogP contribution in [0.2, 0.25) is 0 Å². The zero-order valence-electron chi connectivity index (χ0n) is 16.6. The Morgan fingerprint density at radius 2 is 1.76 bits per heavy atom. The predicted octanol–water partition coefficient (Wildman–Crippen LogP) is 4.71. The molecule has 8 heteroatoms. The van der Waals surface area contributed by atoms with Gasteiger partial charge in [0, 0.05) is 18.1 Å². The fraction of sp³-hybridized carbons (Fsp3) is 0.286. The van der Waals surface area contributed by atoms with Crippen LogP contribution in [0.1, 0.15) is 49.2 Å².